The summed E-state index contributed by atoms with van der Waals surface area (Å²) in [5.74, 6) is -0.102. The summed E-state index contributed by atoms with van der Waals surface area (Å²) >= 11 is 12.1. The van der Waals surface area contributed by atoms with E-state index >= 15 is 0 Å². The highest BCUT2D eigenvalue weighted by Crippen LogP contribution is 2.25. The predicted molar refractivity (Wildman–Crippen MR) is 204 cm³/mol. The van der Waals surface area contributed by atoms with E-state index in [1.807, 2.05) is 34.6 Å². The van der Waals surface area contributed by atoms with Crippen molar-refractivity contribution in [2.45, 2.75) is 116 Å². The summed E-state index contributed by atoms with van der Waals surface area (Å²) < 4.78 is 5.55. The molecule has 4 atom stereocenters. The number of nitrogens with zero attached hydrogens (tertiary/aromatic N) is 6. The van der Waals surface area contributed by atoms with Gasteiger partial charge in [0.1, 0.15) is 5.60 Å². The van der Waals surface area contributed by atoms with Crippen LogP contribution in [-0.4, -0.2) is 151 Å². The van der Waals surface area contributed by atoms with Gasteiger partial charge in [-0.05, 0) is 98.3 Å². The minimum Gasteiger partial charge on any atom is -0.465 e. The summed E-state index contributed by atoms with van der Waals surface area (Å²) in [6, 6.07) is -0.116. The Labute approximate surface area is 327 Å². The summed E-state index contributed by atoms with van der Waals surface area (Å²) in [6.07, 6.45) is 5.91. The highest BCUT2D eigenvalue weighted by Gasteiger charge is 2.39. The van der Waals surface area contributed by atoms with Crippen molar-refractivity contribution in [2.24, 2.45) is 0 Å². The lowest BCUT2D eigenvalue weighted by atomic mass is 9.98. The van der Waals surface area contributed by atoms with Crippen LogP contribution in [-0.2, 0) is 17.6 Å². The zero-order valence-corrected chi connectivity index (χ0v) is 33.6. The van der Waals surface area contributed by atoms with Gasteiger partial charge in [-0.25, -0.2) is 19.6 Å². The van der Waals surface area contributed by atoms with E-state index in [0.717, 1.165) is 63.3 Å². The molecule has 4 amide bonds. The number of imidazole rings is 2. The molecular formula is C36H56Cl2N10O6. The summed E-state index contributed by atoms with van der Waals surface area (Å²) in [5, 5.41) is 16.1. The molecule has 300 valence electrons. The minimum absolute atomic E-state index is 0.00706. The Hall–Kier alpha value is -3.60. The van der Waals surface area contributed by atoms with Gasteiger partial charge in [-0.3, -0.25) is 19.4 Å². The van der Waals surface area contributed by atoms with Crippen LogP contribution < -0.4 is 10.6 Å². The van der Waals surface area contributed by atoms with Gasteiger partial charge in [0.2, 0.25) is 0 Å². The molecule has 0 spiro atoms. The van der Waals surface area contributed by atoms with Gasteiger partial charge in [0.15, 0.2) is 22.0 Å². The van der Waals surface area contributed by atoms with Gasteiger partial charge < -0.3 is 40.2 Å². The number of aromatic nitrogens is 4. The van der Waals surface area contributed by atoms with Gasteiger partial charge >= 0.3 is 12.2 Å². The fraction of sp³-hybridized carbons (Fsp3) is 0.722. The molecule has 4 unspecified atom stereocenters. The van der Waals surface area contributed by atoms with Crippen LogP contribution in [0.25, 0.3) is 0 Å². The topological polar surface area (TPSA) is 192 Å². The van der Waals surface area contributed by atoms with Crippen molar-refractivity contribution >= 4 is 47.2 Å². The quantitative estimate of drug-likeness (QED) is 0.256. The molecule has 0 bridgehead atoms. The molecule has 0 saturated carbocycles. The fourth-order valence-electron chi connectivity index (χ4n) is 7.69. The number of aromatic amines is 2. The molecule has 4 fully saturated rings. The standard InChI is InChI=1S/C20H32ClN5O3.C16H24ClN5O3/c1-5-13-16(21)24-17(22-13)18(27)23-14-8-11-26(19(28)29-20(2,3)4)12-15(14)25-9-6-7-10-25;1-2-10-13(17)20-14(18-10)15(23)19-11-5-8-22(16(24)25)9-12(11)21-6-3-4-7-21/h14-15H,5-12H2,1-4H3,(H,22,24)(H,23,27);11-12H,2-9H2,1H3,(H,18,20)(H,19,23)(H,24,25). The number of hydrogen-bond donors (Lipinski definition) is 5. The lowest BCUT2D eigenvalue weighted by Gasteiger charge is -2.43. The Bertz CT molecular complexity index is 1620. The monoisotopic (exact) mass is 794 g/mol. The third-order valence-corrected chi connectivity index (χ3v) is 11.2. The largest absolute Gasteiger partial charge is 0.465 e. The van der Waals surface area contributed by atoms with Crippen molar-refractivity contribution < 1.29 is 29.0 Å². The maximum Gasteiger partial charge on any atom is 0.410 e. The van der Waals surface area contributed by atoms with E-state index in [-0.39, 0.29) is 53.7 Å². The molecule has 2 aromatic heterocycles. The van der Waals surface area contributed by atoms with Crippen LogP contribution in [0.4, 0.5) is 9.59 Å². The first-order valence-electron chi connectivity index (χ1n) is 19.2. The summed E-state index contributed by atoms with van der Waals surface area (Å²) in [5.41, 5.74) is 0.970. The molecule has 5 N–H and O–H groups in total. The zero-order chi connectivity index (χ0) is 39.2. The first kappa shape index (κ1) is 41.6. The molecule has 4 saturated heterocycles. The van der Waals surface area contributed by atoms with Crippen LogP contribution in [0.2, 0.25) is 10.3 Å². The lowest BCUT2D eigenvalue weighted by Crippen LogP contribution is -2.61. The Morgan fingerprint density at radius 1 is 0.741 bits per heavy atom. The predicted octanol–water partition coefficient (Wildman–Crippen LogP) is 4.40. The molecule has 2 aromatic rings. The SMILES string of the molecule is CCc1[nH]c(C(=O)NC2CCN(C(=O)O)CC2N2CCCC2)nc1Cl.CCc1[nH]c(C(=O)NC2CCN(C(=O)OC(C)(C)C)CC2N2CCCC2)nc1Cl. The number of rotatable bonds is 8. The second-order valence-corrected chi connectivity index (χ2v) is 16.1. The highest BCUT2D eigenvalue weighted by atomic mass is 35.5. The number of halogens is 2. The number of H-pyrrole nitrogens is 2. The van der Waals surface area contributed by atoms with Crippen LogP contribution in [0.15, 0.2) is 0 Å². The van der Waals surface area contributed by atoms with Gasteiger partial charge in [0.25, 0.3) is 11.8 Å². The highest BCUT2D eigenvalue weighted by molar-refractivity contribution is 6.30. The van der Waals surface area contributed by atoms with Crippen LogP contribution in [0.1, 0.15) is 106 Å². The van der Waals surface area contributed by atoms with E-state index in [9.17, 15) is 24.3 Å². The first-order chi connectivity index (χ1) is 25.7. The Morgan fingerprint density at radius 3 is 1.52 bits per heavy atom. The van der Waals surface area contributed by atoms with Crippen molar-refractivity contribution in [3.63, 3.8) is 0 Å². The smallest absolute Gasteiger partial charge is 0.410 e. The molecule has 0 aliphatic carbocycles. The maximum atomic E-state index is 12.8. The van der Waals surface area contributed by atoms with Crippen molar-refractivity contribution in [2.75, 3.05) is 52.4 Å². The molecule has 6 rings (SSSR count). The molecule has 0 aromatic carbocycles. The number of piperidine rings is 2. The van der Waals surface area contributed by atoms with Crippen molar-refractivity contribution in [3.8, 4) is 0 Å². The minimum atomic E-state index is -0.903. The first-order valence-corrected chi connectivity index (χ1v) is 20.0. The molecule has 18 heteroatoms. The zero-order valence-electron chi connectivity index (χ0n) is 32.1. The number of nitrogens with one attached hydrogen (secondary N) is 4. The van der Waals surface area contributed by atoms with Gasteiger partial charge in [-0.1, -0.05) is 37.0 Å². The number of aryl methyl sites for hydroxylation is 2. The van der Waals surface area contributed by atoms with E-state index in [0.29, 0.717) is 62.2 Å². The number of carboxylic acid groups (broad SMARTS) is 1. The maximum absolute atomic E-state index is 12.8. The average molecular weight is 796 g/mol. The molecule has 16 nitrogen and oxygen atoms in total. The third-order valence-electron chi connectivity index (χ3n) is 10.5. The normalized spacial score (nSPS) is 23.8. The van der Waals surface area contributed by atoms with Crippen LogP contribution in [0.5, 0.6) is 0 Å². The summed E-state index contributed by atoms with van der Waals surface area (Å²) in [7, 11) is 0. The second kappa shape index (κ2) is 18.4. The van der Waals surface area contributed by atoms with Crippen molar-refractivity contribution in [1.82, 2.24) is 50.2 Å². The molecule has 0 radical (unpaired) electrons. The average Bonchev–Trinajstić information content (AvgIpc) is 3.96. The van der Waals surface area contributed by atoms with E-state index in [1.165, 1.54) is 4.90 Å². The van der Waals surface area contributed by atoms with Crippen LogP contribution >= 0.6 is 23.2 Å². The molecule has 4 aliphatic rings. The Morgan fingerprint density at radius 2 is 1.15 bits per heavy atom. The molecular weight excluding hydrogens is 739 g/mol. The molecule has 6 heterocycles. The van der Waals surface area contributed by atoms with Crippen LogP contribution in [0, 0.1) is 0 Å². The van der Waals surface area contributed by atoms with E-state index in [4.69, 9.17) is 27.9 Å². The third kappa shape index (κ3) is 10.6. The van der Waals surface area contributed by atoms with Gasteiger partial charge in [0, 0.05) is 50.3 Å². The van der Waals surface area contributed by atoms with Crippen LogP contribution in [0.3, 0.4) is 0 Å². The number of ether oxygens (including phenoxy) is 1. The van der Waals surface area contributed by atoms with E-state index < -0.39 is 11.7 Å². The summed E-state index contributed by atoms with van der Waals surface area (Å²) in [6.45, 7) is 15.3. The summed E-state index contributed by atoms with van der Waals surface area (Å²) in [4.78, 5) is 71.3. The van der Waals surface area contributed by atoms with Crippen molar-refractivity contribution in [1.29, 1.82) is 0 Å². The molecule has 54 heavy (non-hydrogen) atoms. The van der Waals surface area contributed by atoms with E-state index in [2.05, 4.69) is 40.4 Å². The van der Waals surface area contributed by atoms with Crippen molar-refractivity contribution in [3.05, 3.63) is 33.3 Å². The fourth-order valence-corrected chi connectivity index (χ4v) is 8.22. The number of likely N-dealkylation sites (tertiary alicyclic amines) is 4. The number of hydrogen-bond acceptors (Lipinski definition) is 9. The Balaban J connectivity index is 0.000000210. The lowest BCUT2D eigenvalue weighted by molar-refractivity contribution is 0.00762. The van der Waals surface area contributed by atoms with Gasteiger partial charge in [-0.2, -0.15) is 0 Å². The van der Waals surface area contributed by atoms with Gasteiger partial charge in [-0.15, -0.1) is 0 Å². The number of carbonyl (C=O) groups excluding carboxylic acids is 3. The second-order valence-electron chi connectivity index (χ2n) is 15.4. The Kier molecular flexibility index (Phi) is 14.1. The molecule has 4 aliphatic heterocycles. The van der Waals surface area contributed by atoms with Gasteiger partial charge in [0.05, 0.1) is 11.4 Å². The number of carbonyl (C=O) groups is 4. The van der Waals surface area contributed by atoms with E-state index in [1.54, 1.807) is 4.90 Å². The number of amides is 4.